The molecule has 48 heavy (non-hydrogen) atoms. The van der Waals surface area contributed by atoms with Crippen molar-refractivity contribution in [3.8, 4) is 28.3 Å². The van der Waals surface area contributed by atoms with Crippen LogP contribution < -0.4 is 5.76 Å². The quantitative estimate of drug-likeness (QED) is 0.219. The Kier molecular flexibility index (Phi) is 7.70. The summed E-state index contributed by atoms with van der Waals surface area (Å²) in [6.45, 7) is 4.05. The largest absolute Gasteiger partial charge is 0.420 e. The molecule has 1 atom stereocenters. The zero-order valence-corrected chi connectivity index (χ0v) is 27.4. The highest BCUT2D eigenvalue weighted by molar-refractivity contribution is 7.89. The molecule has 0 aliphatic carbocycles. The number of aryl methyl sites for hydroxylation is 2. The SMILES string of the molecule is Cc1cc(-c2c(CCC3CCOCC3)nc3c(c2-c2ccc4c(c2)oc(=O)n4Cc2ccc(C#N)cn2)S(=O)(=O)N2CCCC32)ccn1. The highest BCUT2D eigenvalue weighted by atomic mass is 32.2. The molecule has 11 nitrogen and oxygen atoms in total. The Bertz CT molecular complexity index is 2270. The zero-order valence-electron chi connectivity index (χ0n) is 26.6. The molecule has 3 aliphatic rings. The number of nitriles is 1. The summed E-state index contributed by atoms with van der Waals surface area (Å²) in [7, 11) is -3.85. The van der Waals surface area contributed by atoms with Gasteiger partial charge >= 0.3 is 5.76 Å². The smallest absolute Gasteiger partial charge is 0.408 e. The van der Waals surface area contributed by atoms with Crippen LogP contribution in [0.15, 0.2) is 69.0 Å². The van der Waals surface area contributed by atoms with Crippen molar-refractivity contribution in [2.75, 3.05) is 19.8 Å². The Labute approximate surface area is 277 Å². The van der Waals surface area contributed by atoms with E-state index < -0.39 is 15.8 Å². The van der Waals surface area contributed by atoms with E-state index >= 15 is 0 Å². The first-order chi connectivity index (χ1) is 23.3. The molecule has 244 valence electrons. The molecular formula is C36H34N6O5S. The van der Waals surface area contributed by atoms with Crippen molar-refractivity contribution in [1.29, 1.82) is 5.26 Å². The number of oxazole rings is 1. The Morgan fingerprint density at radius 3 is 2.62 bits per heavy atom. The number of ether oxygens (including phenoxy) is 1. The molecule has 0 spiro atoms. The van der Waals surface area contributed by atoms with E-state index in [0.717, 1.165) is 67.8 Å². The lowest BCUT2D eigenvalue weighted by atomic mass is 9.87. The van der Waals surface area contributed by atoms with Gasteiger partial charge in [-0.1, -0.05) is 6.07 Å². The number of benzene rings is 1. The molecule has 12 heteroatoms. The molecule has 5 aromatic rings. The molecule has 0 radical (unpaired) electrons. The van der Waals surface area contributed by atoms with Crippen LogP contribution >= 0.6 is 0 Å². The van der Waals surface area contributed by atoms with Crippen molar-refractivity contribution < 1.29 is 17.6 Å². The molecule has 3 aliphatic heterocycles. The van der Waals surface area contributed by atoms with Crippen LogP contribution in [0.1, 0.15) is 66.5 Å². The number of rotatable bonds is 7. The minimum atomic E-state index is -3.85. The van der Waals surface area contributed by atoms with Gasteiger partial charge in [-0.05, 0) is 98.9 Å². The minimum absolute atomic E-state index is 0.157. The molecule has 2 fully saturated rings. The lowest BCUT2D eigenvalue weighted by Gasteiger charge is -2.23. The lowest BCUT2D eigenvalue weighted by molar-refractivity contribution is 0.0639. The van der Waals surface area contributed by atoms with E-state index in [2.05, 4.69) is 16.0 Å². The Morgan fingerprint density at radius 2 is 1.85 bits per heavy atom. The third-order valence-corrected chi connectivity index (χ3v) is 11.9. The summed E-state index contributed by atoms with van der Waals surface area (Å²) >= 11 is 0. The Balaban J connectivity index is 1.32. The van der Waals surface area contributed by atoms with Gasteiger partial charge in [-0.25, -0.2) is 13.2 Å². The first-order valence-corrected chi connectivity index (χ1v) is 17.8. The summed E-state index contributed by atoms with van der Waals surface area (Å²) in [5, 5.41) is 9.13. The third-order valence-electron chi connectivity index (χ3n) is 9.89. The van der Waals surface area contributed by atoms with E-state index in [1.165, 1.54) is 10.8 Å². The summed E-state index contributed by atoms with van der Waals surface area (Å²) in [5.41, 5.74) is 7.09. The highest BCUT2D eigenvalue weighted by Gasteiger charge is 2.49. The Hall–Kier alpha value is -4.70. The van der Waals surface area contributed by atoms with Gasteiger partial charge in [-0.2, -0.15) is 9.57 Å². The summed E-state index contributed by atoms with van der Waals surface area (Å²) in [4.78, 5) is 27.4. The molecule has 0 N–H and O–H groups in total. The fraction of sp³-hybridized carbons (Fsp3) is 0.361. The van der Waals surface area contributed by atoms with Gasteiger partial charge < -0.3 is 9.15 Å². The van der Waals surface area contributed by atoms with Crippen LogP contribution in [-0.2, 0) is 27.7 Å². The van der Waals surface area contributed by atoms with E-state index in [1.54, 1.807) is 34.8 Å². The monoisotopic (exact) mass is 662 g/mol. The van der Waals surface area contributed by atoms with Crippen LogP contribution in [0.5, 0.6) is 0 Å². The van der Waals surface area contributed by atoms with Crippen molar-refractivity contribution in [3.05, 3.63) is 93.7 Å². The topological polar surface area (TPSA) is 144 Å². The maximum Gasteiger partial charge on any atom is 0.420 e. The lowest BCUT2D eigenvalue weighted by Crippen LogP contribution is -2.23. The summed E-state index contributed by atoms with van der Waals surface area (Å²) in [6.07, 6.45) is 8.35. The van der Waals surface area contributed by atoms with Crippen molar-refractivity contribution in [3.63, 3.8) is 0 Å². The second-order valence-electron chi connectivity index (χ2n) is 12.9. The second kappa shape index (κ2) is 12.1. The molecule has 0 amide bonds. The number of aromatic nitrogens is 4. The highest BCUT2D eigenvalue weighted by Crippen LogP contribution is 2.52. The fourth-order valence-corrected chi connectivity index (χ4v) is 9.57. The van der Waals surface area contributed by atoms with Crippen LogP contribution in [-0.4, -0.2) is 52.0 Å². The molecule has 7 heterocycles. The van der Waals surface area contributed by atoms with E-state index in [1.807, 2.05) is 25.1 Å². The van der Waals surface area contributed by atoms with Crippen LogP contribution in [0, 0.1) is 24.2 Å². The van der Waals surface area contributed by atoms with E-state index in [-0.39, 0.29) is 17.5 Å². The summed E-state index contributed by atoms with van der Waals surface area (Å²) in [5.74, 6) is -0.0457. The number of fused-ring (bicyclic) bond motifs is 4. The maximum absolute atomic E-state index is 14.4. The fourth-order valence-electron chi connectivity index (χ4n) is 7.51. The van der Waals surface area contributed by atoms with E-state index in [4.69, 9.17) is 19.4 Å². The number of pyridine rings is 3. The van der Waals surface area contributed by atoms with Crippen LogP contribution in [0.25, 0.3) is 33.4 Å². The maximum atomic E-state index is 14.4. The minimum Gasteiger partial charge on any atom is -0.408 e. The number of hydrogen-bond acceptors (Lipinski definition) is 9. The van der Waals surface area contributed by atoms with Crippen molar-refractivity contribution >= 4 is 21.1 Å². The van der Waals surface area contributed by atoms with Crippen LogP contribution in [0.3, 0.4) is 0 Å². The van der Waals surface area contributed by atoms with Gasteiger partial charge in [-0.15, -0.1) is 0 Å². The predicted molar refractivity (Wildman–Crippen MR) is 177 cm³/mol. The molecule has 2 saturated heterocycles. The molecule has 8 rings (SSSR count). The second-order valence-corrected chi connectivity index (χ2v) is 14.7. The van der Waals surface area contributed by atoms with Gasteiger partial charge in [0.15, 0.2) is 5.58 Å². The average molecular weight is 663 g/mol. The molecular weight excluding hydrogens is 628 g/mol. The average Bonchev–Trinajstić information content (AvgIpc) is 3.77. The third kappa shape index (κ3) is 5.23. The van der Waals surface area contributed by atoms with Gasteiger partial charge in [0.25, 0.3) is 0 Å². The standard InChI is InChI=1S/C36H34N6O5S/c1-22-17-26(10-13-38-22)32-28(8-5-23-11-15-46-16-12-23)40-34-30-3-2-14-42(30)48(44,45)35(34)33(32)25-6-9-29-31(18-25)47-36(43)41(29)21-27-7-4-24(19-37)20-39-27/h4,6-7,9-10,13,17-18,20,23,30H,2-3,5,8,11-12,14-16,21H2,1H3. The van der Waals surface area contributed by atoms with Gasteiger partial charge in [0.05, 0.1) is 35.1 Å². The summed E-state index contributed by atoms with van der Waals surface area (Å²) < 4.78 is 43.2. The van der Waals surface area contributed by atoms with Crippen molar-refractivity contribution in [2.24, 2.45) is 5.92 Å². The van der Waals surface area contributed by atoms with E-state index in [9.17, 15) is 13.2 Å². The van der Waals surface area contributed by atoms with Gasteiger partial charge in [0, 0.05) is 54.7 Å². The van der Waals surface area contributed by atoms with Crippen LogP contribution in [0.4, 0.5) is 0 Å². The van der Waals surface area contributed by atoms with E-state index in [0.29, 0.717) is 58.1 Å². The van der Waals surface area contributed by atoms with Crippen LogP contribution in [0.2, 0.25) is 0 Å². The van der Waals surface area contributed by atoms with Crippen molar-refractivity contribution in [1.82, 2.24) is 23.8 Å². The molecule has 1 aromatic carbocycles. The van der Waals surface area contributed by atoms with Gasteiger partial charge in [0.1, 0.15) is 11.0 Å². The first-order valence-electron chi connectivity index (χ1n) is 16.4. The molecule has 0 saturated carbocycles. The number of nitrogens with zero attached hydrogens (tertiary/aromatic N) is 6. The molecule has 4 aromatic heterocycles. The normalized spacial score (nSPS) is 19.0. The summed E-state index contributed by atoms with van der Waals surface area (Å²) in [6, 6.07) is 14.5. The zero-order chi connectivity index (χ0) is 33.0. The molecule has 1 unspecified atom stereocenters. The molecule has 0 bridgehead atoms. The number of hydrogen-bond donors (Lipinski definition) is 0. The number of sulfonamides is 1. The van der Waals surface area contributed by atoms with Gasteiger partial charge in [-0.3, -0.25) is 19.5 Å². The first kappa shape index (κ1) is 30.6. The van der Waals surface area contributed by atoms with Gasteiger partial charge in [0.2, 0.25) is 10.0 Å². The van der Waals surface area contributed by atoms with Crippen molar-refractivity contribution in [2.45, 2.75) is 62.9 Å². The predicted octanol–water partition coefficient (Wildman–Crippen LogP) is 5.54. The Morgan fingerprint density at radius 1 is 1.02 bits per heavy atom.